The third-order valence-electron chi connectivity index (χ3n) is 5.36. The van der Waals surface area contributed by atoms with Crippen molar-refractivity contribution >= 4 is 39.4 Å². The summed E-state index contributed by atoms with van der Waals surface area (Å²) in [5.41, 5.74) is 6.05. The van der Waals surface area contributed by atoms with Gasteiger partial charge in [-0.1, -0.05) is 24.3 Å². The number of sulfonamides is 1. The van der Waals surface area contributed by atoms with Crippen molar-refractivity contribution in [2.45, 2.75) is 25.3 Å². The predicted octanol–water partition coefficient (Wildman–Crippen LogP) is 2.49. The fourth-order valence-electron chi connectivity index (χ4n) is 3.80. The molecule has 1 aliphatic heterocycles. The van der Waals surface area contributed by atoms with Crippen LogP contribution in [0.15, 0.2) is 57.8 Å². The van der Waals surface area contributed by atoms with Gasteiger partial charge in [0.2, 0.25) is 5.88 Å². The van der Waals surface area contributed by atoms with Gasteiger partial charge in [0.15, 0.2) is 5.78 Å². The molecular formula is C23H19N3O7S. The number of Topliss-reactive ketones (excluding diaryl/α,β-unsaturated/α-hetero) is 1. The Labute approximate surface area is 194 Å². The zero-order chi connectivity index (χ0) is 24.8. The number of benzene rings is 2. The van der Waals surface area contributed by atoms with Gasteiger partial charge in [0, 0.05) is 0 Å². The Hall–Kier alpha value is -4.25. The maximum atomic E-state index is 12.8. The van der Waals surface area contributed by atoms with Crippen molar-refractivity contribution in [1.29, 1.82) is 0 Å². The number of carbonyl (C=O) groups is 4. The number of ketones is 1. The summed E-state index contributed by atoms with van der Waals surface area (Å²) >= 11 is 0. The van der Waals surface area contributed by atoms with E-state index >= 15 is 0 Å². The fourth-order valence-corrected chi connectivity index (χ4v) is 4.80. The van der Waals surface area contributed by atoms with Crippen molar-refractivity contribution in [3.63, 3.8) is 0 Å². The average molecular weight is 481 g/mol. The molecule has 0 bridgehead atoms. The topological polar surface area (TPSA) is 157 Å². The minimum absolute atomic E-state index is 0.0364. The number of nitrogens with zero attached hydrogens (tertiary/aromatic N) is 1. The molecule has 0 fully saturated rings. The number of nitrogens with one attached hydrogen (secondary N) is 1. The second-order valence-electron chi connectivity index (χ2n) is 7.65. The first kappa shape index (κ1) is 22.9. The Morgan fingerprint density at radius 1 is 0.971 bits per heavy atom. The smallest absolute Gasteiger partial charge is 0.264 e. The van der Waals surface area contributed by atoms with E-state index in [-0.39, 0.29) is 28.3 Å². The Morgan fingerprint density at radius 3 is 2.03 bits per heavy atom. The van der Waals surface area contributed by atoms with Gasteiger partial charge in [-0.2, -0.15) is 0 Å². The van der Waals surface area contributed by atoms with Crippen molar-refractivity contribution in [2.75, 3.05) is 4.72 Å². The summed E-state index contributed by atoms with van der Waals surface area (Å²) < 4.78 is 33.1. The van der Waals surface area contributed by atoms with Crippen LogP contribution in [0.25, 0.3) is 0 Å². The molecule has 1 aliphatic rings. The SMILES string of the molecule is CC(=O)c1c(C)oc(NS(=O)(=O)c2ccc(CN3C(=O)c4ccccc4C3=O)cc2)c1C(N)=O. The molecule has 0 atom stereocenters. The molecule has 2 aromatic carbocycles. The number of hydrogen-bond acceptors (Lipinski definition) is 7. The number of nitrogens with two attached hydrogens (primary N) is 1. The molecule has 0 radical (unpaired) electrons. The Balaban J connectivity index is 1.56. The Bertz CT molecular complexity index is 1440. The zero-order valence-electron chi connectivity index (χ0n) is 18.1. The number of imide groups is 1. The molecule has 0 saturated carbocycles. The molecule has 2 heterocycles. The van der Waals surface area contributed by atoms with Gasteiger partial charge in [-0.25, -0.2) is 13.1 Å². The van der Waals surface area contributed by atoms with Crippen LogP contribution in [-0.2, 0) is 16.6 Å². The summed E-state index contributed by atoms with van der Waals surface area (Å²) in [5, 5.41) is 0. The van der Waals surface area contributed by atoms with E-state index in [1.807, 2.05) is 0 Å². The van der Waals surface area contributed by atoms with Crippen molar-refractivity contribution < 1.29 is 32.0 Å². The number of aryl methyl sites for hydroxylation is 1. The quantitative estimate of drug-likeness (QED) is 0.388. The lowest BCUT2D eigenvalue weighted by Crippen LogP contribution is -2.29. The number of hydrogen-bond donors (Lipinski definition) is 2. The third-order valence-corrected chi connectivity index (χ3v) is 6.71. The molecule has 3 aromatic rings. The van der Waals surface area contributed by atoms with Crippen LogP contribution in [0.4, 0.5) is 5.88 Å². The van der Waals surface area contributed by atoms with Gasteiger partial charge in [0.05, 0.1) is 28.1 Å². The monoisotopic (exact) mass is 481 g/mol. The number of primary amides is 1. The first-order valence-corrected chi connectivity index (χ1v) is 11.5. The molecular weight excluding hydrogens is 462 g/mol. The number of rotatable bonds is 7. The maximum Gasteiger partial charge on any atom is 0.264 e. The lowest BCUT2D eigenvalue weighted by molar-refractivity contribution is 0.0641. The number of amides is 3. The summed E-state index contributed by atoms with van der Waals surface area (Å²) in [4.78, 5) is 49.7. The van der Waals surface area contributed by atoms with Crippen LogP contribution in [-0.4, -0.2) is 36.8 Å². The highest BCUT2D eigenvalue weighted by molar-refractivity contribution is 7.92. The minimum Gasteiger partial charge on any atom is -0.443 e. The highest BCUT2D eigenvalue weighted by Gasteiger charge is 2.35. The lowest BCUT2D eigenvalue weighted by Gasteiger charge is -2.14. The number of anilines is 1. The van der Waals surface area contributed by atoms with E-state index < -0.39 is 39.4 Å². The average Bonchev–Trinajstić information content (AvgIpc) is 3.23. The van der Waals surface area contributed by atoms with Crippen molar-refractivity contribution in [2.24, 2.45) is 5.73 Å². The normalized spacial score (nSPS) is 13.2. The number of carbonyl (C=O) groups excluding carboxylic acids is 4. The summed E-state index contributed by atoms with van der Waals surface area (Å²) in [7, 11) is -4.22. The molecule has 4 rings (SSSR count). The number of fused-ring (bicyclic) bond motifs is 1. The molecule has 0 spiro atoms. The van der Waals surface area contributed by atoms with E-state index in [4.69, 9.17) is 10.2 Å². The van der Waals surface area contributed by atoms with E-state index in [1.165, 1.54) is 38.1 Å². The summed E-state index contributed by atoms with van der Waals surface area (Å²) in [6, 6.07) is 12.0. The minimum atomic E-state index is -4.22. The summed E-state index contributed by atoms with van der Waals surface area (Å²) in [6.07, 6.45) is 0. The standard InChI is InChI=1S/C23H19N3O7S/c1-12(27)18-13(2)33-21(19(18)20(24)28)25-34(31,32)15-9-7-14(8-10-15)11-26-22(29)16-5-3-4-6-17(16)23(26)30/h3-10,25H,11H2,1-2H3,(H2,24,28). The van der Waals surface area contributed by atoms with Crippen molar-refractivity contribution in [1.82, 2.24) is 4.90 Å². The molecule has 34 heavy (non-hydrogen) atoms. The largest absolute Gasteiger partial charge is 0.443 e. The van der Waals surface area contributed by atoms with E-state index in [2.05, 4.69) is 4.72 Å². The van der Waals surface area contributed by atoms with Crippen LogP contribution in [0.2, 0.25) is 0 Å². The summed E-state index contributed by atoms with van der Waals surface area (Å²) in [5.74, 6) is -2.77. The Morgan fingerprint density at radius 2 is 1.53 bits per heavy atom. The van der Waals surface area contributed by atoms with Gasteiger partial charge in [0.25, 0.3) is 27.7 Å². The van der Waals surface area contributed by atoms with Gasteiger partial charge in [-0.05, 0) is 43.7 Å². The molecule has 11 heteroatoms. The lowest BCUT2D eigenvalue weighted by atomic mass is 10.1. The molecule has 1 aromatic heterocycles. The van der Waals surface area contributed by atoms with Gasteiger partial charge in [-0.15, -0.1) is 0 Å². The van der Waals surface area contributed by atoms with Crippen LogP contribution in [0, 0.1) is 6.92 Å². The number of furan rings is 1. The fraction of sp³-hybridized carbons (Fsp3) is 0.130. The van der Waals surface area contributed by atoms with Crippen LogP contribution in [0.1, 0.15) is 59.7 Å². The maximum absolute atomic E-state index is 12.8. The van der Waals surface area contributed by atoms with Crippen LogP contribution in [0.3, 0.4) is 0 Å². The molecule has 10 nitrogen and oxygen atoms in total. The van der Waals surface area contributed by atoms with Crippen LogP contribution < -0.4 is 10.5 Å². The van der Waals surface area contributed by atoms with E-state index in [0.717, 1.165) is 4.90 Å². The highest BCUT2D eigenvalue weighted by atomic mass is 32.2. The summed E-state index contributed by atoms with van der Waals surface area (Å²) in [6.45, 7) is 2.58. The first-order valence-electron chi connectivity index (χ1n) is 10.0. The van der Waals surface area contributed by atoms with Crippen LogP contribution in [0.5, 0.6) is 0 Å². The predicted molar refractivity (Wildman–Crippen MR) is 120 cm³/mol. The van der Waals surface area contributed by atoms with Gasteiger partial charge < -0.3 is 10.2 Å². The van der Waals surface area contributed by atoms with E-state index in [0.29, 0.717) is 16.7 Å². The second kappa shape index (κ2) is 8.27. The molecule has 3 N–H and O–H groups in total. The van der Waals surface area contributed by atoms with E-state index in [9.17, 15) is 27.6 Å². The molecule has 0 saturated heterocycles. The first-order chi connectivity index (χ1) is 16.0. The third kappa shape index (κ3) is 3.86. The van der Waals surface area contributed by atoms with E-state index in [1.54, 1.807) is 24.3 Å². The van der Waals surface area contributed by atoms with Crippen molar-refractivity contribution in [3.8, 4) is 0 Å². The molecule has 3 amide bonds. The molecule has 0 aliphatic carbocycles. The van der Waals surface area contributed by atoms with Crippen molar-refractivity contribution in [3.05, 3.63) is 82.1 Å². The second-order valence-corrected chi connectivity index (χ2v) is 9.33. The van der Waals surface area contributed by atoms with Crippen LogP contribution >= 0.6 is 0 Å². The zero-order valence-corrected chi connectivity index (χ0v) is 18.9. The molecule has 174 valence electrons. The highest BCUT2D eigenvalue weighted by Crippen LogP contribution is 2.30. The van der Waals surface area contributed by atoms with Gasteiger partial charge >= 0.3 is 0 Å². The van der Waals surface area contributed by atoms with Gasteiger partial charge in [0.1, 0.15) is 11.3 Å². The Kier molecular flexibility index (Phi) is 5.57. The van der Waals surface area contributed by atoms with Gasteiger partial charge in [-0.3, -0.25) is 24.1 Å². The molecule has 0 unspecified atom stereocenters.